The lowest BCUT2D eigenvalue weighted by atomic mass is 9.98. The van der Waals surface area contributed by atoms with E-state index in [1.807, 2.05) is 0 Å². The largest absolute Gasteiger partial charge is 0.438 e. The van der Waals surface area contributed by atoms with Crippen molar-refractivity contribution in [2.75, 3.05) is 59.6 Å². The van der Waals surface area contributed by atoms with Crippen LogP contribution in [0.15, 0.2) is 24.3 Å². The van der Waals surface area contributed by atoms with Crippen molar-refractivity contribution in [1.29, 1.82) is 0 Å². The standard InChI is InChI=1S/C42H60F2N5O13PS2/c1-26(50)47-17-14-31-11-12-32(37(53)46(8)30-15-18-48(19-16-30)65(9,57)58)49(31)36(52)28(23-47)22-45-35(51)34-21-27-20-29(10-13-33(27)64-34)42(43,44)63(56,61-24-59-38(54)40(2,3)4)62-25-60-39(55)41(5,6)7/h10,13,20-21,28,30-32H,11-12,14-19,22-25H2,1-9H3,(H,45,51)/t28?,31-,32+/m1/s1. The minimum atomic E-state index is -5.62. The van der Waals surface area contributed by atoms with Crippen molar-refractivity contribution in [1.82, 2.24) is 24.3 Å². The number of likely N-dealkylation sites (N-methyl/N-ethyl adjacent to an activating group) is 1. The maximum Gasteiger partial charge on any atom is 0.410 e. The van der Waals surface area contributed by atoms with Crippen molar-refractivity contribution >= 4 is 74.6 Å². The molecule has 3 atom stereocenters. The Hall–Kier alpha value is -4.08. The zero-order chi connectivity index (χ0) is 48.4. The third-order valence-electron chi connectivity index (χ3n) is 11.8. The third kappa shape index (κ3) is 12.1. The molecule has 1 unspecified atom stereocenters. The minimum Gasteiger partial charge on any atom is -0.438 e. The molecular formula is C42H60F2N5O13PS2. The average Bonchev–Trinajstić information content (AvgIpc) is 3.85. The van der Waals surface area contributed by atoms with Crippen LogP contribution in [0.1, 0.15) is 95.8 Å². The number of benzene rings is 1. The van der Waals surface area contributed by atoms with Crippen LogP contribution in [0.3, 0.4) is 0 Å². The van der Waals surface area contributed by atoms with Crippen molar-refractivity contribution in [3.8, 4) is 0 Å². The van der Waals surface area contributed by atoms with Gasteiger partial charge in [-0.25, -0.2) is 12.7 Å². The van der Waals surface area contributed by atoms with E-state index in [0.717, 1.165) is 29.7 Å². The highest BCUT2D eigenvalue weighted by Crippen LogP contribution is 2.67. The van der Waals surface area contributed by atoms with Gasteiger partial charge in [-0.05, 0) is 97.2 Å². The molecule has 362 valence electrons. The Morgan fingerprint density at radius 1 is 0.892 bits per heavy atom. The van der Waals surface area contributed by atoms with Gasteiger partial charge in [-0.2, -0.15) is 8.78 Å². The number of ether oxygens (including phenoxy) is 2. The Morgan fingerprint density at radius 3 is 2.02 bits per heavy atom. The van der Waals surface area contributed by atoms with Crippen molar-refractivity contribution in [3.05, 3.63) is 34.7 Å². The van der Waals surface area contributed by atoms with E-state index in [-0.39, 0.29) is 60.3 Å². The Kier molecular flexibility index (Phi) is 16.0. The molecule has 0 aliphatic carbocycles. The lowest BCUT2D eigenvalue weighted by molar-refractivity contribution is -0.163. The first-order chi connectivity index (χ1) is 30.0. The number of piperidine rings is 1. The molecule has 65 heavy (non-hydrogen) atoms. The van der Waals surface area contributed by atoms with Gasteiger partial charge in [0.15, 0.2) is 0 Å². The second-order valence-corrected chi connectivity index (χ2v) is 23.9. The van der Waals surface area contributed by atoms with Crippen LogP contribution in [-0.2, 0) is 62.7 Å². The number of hydrogen-bond donors (Lipinski definition) is 1. The average molecular weight is 976 g/mol. The fourth-order valence-electron chi connectivity index (χ4n) is 7.84. The molecule has 1 aromatic carbocycles. The van der Waals surface area contributed by atoms with Crippen molar-refractivity contribution in [2.45, 2.75) is 104 Å². The summed E-state index contributed by atoms with van der Waals surface area (Å²) in [6.07, 6.45) is 3.41. The topological polar surface area (TPSA) is 216 Å². The van der Waals surface area contributed by atoms with Gasteiger partial charge in [-0.15, -0.1) is 11.3 Å². The molecule has 1 N–H and O–H groups in total. The monoisotopic (exact) mass is 975 g/mol. The molecule has 0 bridgehead atoms. The molecule has 3 saturated heterocycles. The summed E-state index contributed by atoms with van der Waals surface area (Å²) in [7, 11) is -7.32. The number of nitrogens with zero attached hydrogens (tertiary/aromatic N) is 4. The van der Waals surface area contributed by atoms with Gasteiger partial charge >= 0.3 is 25.2 Å². The summed E-state index contributed by atoms with van der Waals surface area (Å²) in [5, 5.41) is 2.91. The van der Waals surface area contributed by atoms with Crippen LogP contribution in [0.25, 0.3) is 10.1 Å². The zero-order valence-electron chi connectivity index (χ0n) is 38.2. The van der Waals surface area contributed by atoms with E-state index in [1.54, 1.807) is 21.7 Å². The summed E-state index contributed by atoms with van der Waals surface area (Å²) in [5.74, 6) is -4.19. The highest BCUT2D eigenvalue weighted by atomic mass is 32.2. The molecule has 4 heterocycles. The number of sulfonamides is 1. The van der Waals surface area contributed by atoms with Gasteiger partial charge in [0.05, 0.1) is 27.9 Å². The van der Waals surface area contributed by atoms with Crippen LogP contribution in [0.4, 0.5) is 8.78 Å². The maximum atomic E-state index is 16.3. The number of amides is 4. The van der Waals surface area contributed by atoms with Crippen molar-refractivity contribution in [2.24, 2.45) is 16.7 Å². The molecule has 3 aliphatic rings. The quantitative estimate of drug-likeness (QED) is 0.148. The fraction of sp³-hybridized carbons (Fsp3) is 0.667. The summed E-state index contributed by atoms with van der Waals surface area (Å²) < 4.78 is 92.2. The van der Waals surface area contributed by atoms with E-state index in [0.29, 0.717) is 43.3 Å². The van der Waals surface area contributed by atoms with Gasteiger partial charge in [0.1, 0.15) is 6.04 Å². The van der Waals surface area contributed by atoms with Crippen LogP contribution in [0.5, 0.6) is 0 Å². The molecule has 2 aromatic rings. The van der Waals surface area contributed by atoms with Crippen LogP contribution >= 0.6 is 18.9 Å². The number of thiophene rings is 1. The number of esters is 2. The lowest BCUT2D eigenvalue weighted by Crippen LogP contribution is -2.58. The number of nitrogens with one attached hydrogen (secondary N) is 1. The summed E-state index contributed by atoms with van der Waals surface area (Å²) >= 11 is 0.959. The molecule has 0 radical (unpaired) electrons. The molecule has 3 aliphatic heterocycles. The Morgan fingerprint density at radius 2 is 1.48 bits per heavy atom. The van der Waals surface area contributed by atoms with Gasteiger partial charge in [-0.3, -0.25) is 42.4 Å². The molecule has 3 fully saturated rings. The number of carbonyl (C=O) groups excluding carboxylic acids is 6. The zero-order valence-corrected chi connectivity index (χ0v) is 40.7. The highest BCUT2D eigenvalue weighted by Gasteiger charge is 2.56. The van der Waals surface area contributed by atoms with Gasteiger partial charge < -0.3 is 29.5 Å². The molecule has 5 rings (SSSR count). The maximum absolute atomic E-state index is 16.3. The molecular weight excluding hydrogens is 916 g/mol. The summed E-state index contributed by atoms with van der Waals surface area (Å²) in [5.41, 5.74) is -7.34. The SMILES string of the molecule is CC(=O)N1CC[C@H]2CC[C@@H](C(=O)N(C)C3CCN(S(C)(=O)=O)CC3)N2C(=O)C(CNC(=O)c2cc3cc(C(F)(F)P(=O)(OCOC(=O)C(C)(C)C)OCOC(=O)C(C)(C)C)ccc3s2)C1. The van der Waals surface area contributed by atoms with Gasteiger partial charge in [0, 0.05) is 69.0 Å². The second-order valence-electron chi connectivity index (χ2n) is 18.8. The fourth-order valence-corrected chi connectivity index (χ4v) is 10.9. The number of hydrogen-bond acceptors (Lipinski definition) is 14. The molecule has 1 aromatic heterocycles. The van der Waals surface area contributed by atoms with E-state index in [1.165, 1.54) is 64.9 Å². The van der Waals surface area contributed by atoms with Gasteiger partial charge in [-0.1, -0.05) is 6.07 Å². The van der Waals surface area contributed by atoms with Crippen LogP contribution in [0.2, 0.25) is 0 Å². The van der Waals surface area contributed by atoms with E-state index in [2.05, 4.69) is 5.32 Å². The number of alkyl halides is 2. The van der Waals surface area contributed by atoms with Crippen LogP contribution < -0.4 is 5.32 Å². The van der Waals surface area contributed by atoms with Gasteiger partial charge in [0.2, 0.25) is 41.3 Å². The molecule has 4 amide bonds. The van der Waals surface area contributed by atoms with Crippen LogP contribution in [-0.4, -0.2) is 141 Å². The van der Waals surface area contributed by atoms with Crippen molar-refractivity contribution in [3.63, 3.8) is 0 Å². The first-order valence-electron chi connectivity index (χ1n) is 21.3. The predicted octanol–water partition coefficient (Wildman–Crippen LogP) is 5.11. The third-order valence-corrected chi connectivity index (χ3v) is 16.0. The Balaban J connectivity index is 1.32. The first-order valence-corrected chi connectivity index (χ1v) is 25.5. The van der Waals surface area contributed by atoms with E-state index < -0.39 is 89.0 Å². The number of rotatable bonds is 14. The normalized spacial score (nSPS) is 20.8. The lowest BCUT2D eigenvalue weighted by Gasteiger charge is -2.41. The highest BCUT2D eigenvalue weighted by molar-refractivity contribution is 7.88. The summed E-state index contributed by atoms with van der Waals surface area (Å²) in [6, 6.07) is 3.22. The predicted molar refractivity (Wildman–Crippen MR) is 235 cm³/mol. The van der Waals surface area contributed by atoms with E-state index >= 15 is 8.78 Å². The smallest absolute Gasteiger partial charge is 0.410 e. The Labute approximate surface area is 382 Å². The van der Waals surface area contributed by atoms with Crippen LogP contribution in [0, 0.1) is 16.7 Å². The molecule has 23 heteroatoms. The molecule has 0 spiro atoms. The van der Waals surface area contributed by atoms with Gasteiger partial charge in [0.25, 0.3) is 5.91 Å². The second kappa shape index (κ2) is 20.0. The van der Waals surface area contributed by atoms with Crippen molar-refractivity contribution < 1.29 is 69.1 Å². The number of fused-ring (bicyclic) bond motifs is 2. The van der Waals surface area contributed by atoms with E-state index in [4.69, 9.17) is 18.5 Å². The van der Waals surface area contributed by atoms with E-state index in [9.17, 15) is 41.8 Å². The summed E-state index contributed by atoms with van der Waals surface area (Å²) in [6.45, 7) is 8.73. The minimum absolute atomic E-state index is 0.0295. The Bertz CT molecular complexity index is 2270. The molecule has 18 nitrogen and oxygen atoms in total. The molecule has 0 saturated carbocycles. The number of halogens is 2. The first kappa shape index (κ1) is 51.9. The number of carbonyl (C=O) groups is 6. The summed E-state index contributed by atoms with van der Waals surface area (Å²) in [4.78, 5) is 84.3.